The largest absolute Gasteiger partial charge is 0.476 e. The van der Waals surface area contributed by atoms with Gasteiger partial charge in [0, 0.05) is 30.1 Å². The number of carbonyl (C=O) groups is 3. The Morgan fingerprint density at radius 3 is 2.64 bits per heavy atom. The van der Waals surface area contributed by atoms with Gasteiger partial charge in [-0.1, -0.05) is 48.5 Å². The Balaban J connectivity index is 1.37. The molecular formula is C33H39N5O6S. The molecule has 45 heavy (non-hydrogen) atoms. The number of carbonyl (C=O) groups excluding carboxylic acids is 3. The van der Waals surface area contributed by atoms with Gasteiger partial charge in [-0.3, -0.25) is 9.59 Å². The Morgan fingerprint density at radius 2 is 1.93 bits per heavy atom. The number of nitrogens with two attached hydrogens (primary N) is 1. The molecule has 2 aliphatic rings. The van der Waals surface area contributed by atoms with Crippen molar-refractivity contribution in [3.05, 3.63) is 77.3 Å². The zero-order chi connectivity index (χ0) is 32.0. The van der Waals surface area contributed by atoms with Crippen LogP contribution in [0.15, 0.2) is 71.2 Å². The summed E-state index contributed by atoms with van der Waals surface area (Å²) in [7, 11) is 1.33. The Morgan fingerprint density at radius 1 is 1.16 bits per heavy atom. The van der Waals surface area contributed by atoms with Crippen molar-refractivity contribution in [1.82, 2.24) is 15.2 Å². The SMILES string of the molecule is COC(=O)[C@@]1(Cc2cccc(-c3nccs3)c2)COC(C2CCCN2C(=O)C(NC(=O)C(C)N)C(C)OCc2ccccc2)=N1. The molecular weight excluding hydrogens is 594 g/mol. The number of aliphatic imine (C=N–C) groups is 1. The third-order valence-corrected chi connectivity index (χ3v) is 8.90. The average Bonchev–Trinajstić information content (AvgIpc) is 3.84. The fourth-order valence-electron chi connectivity index (χ4n) is 5.64. The van der Waals surface area contributed by atoms with Crippen LogP contribution in [0.4, 0.5) is 0 Å². The van der Waals surface area contributed by atoms with Gasteiger partial charge in [0.2, 0.25) is 17.7 Å². The molecule has 12 heteroatoms. The van der Waals surface area contributed by atoms with Crippen molar-refractivity contribution < 1.29 is 28.6 Å². The first-order chi connectivity index (χ1) is 21.7. The highest BCUT2D eigenvalue weighted by atomic mass is 32.1. The normalized spacial score (nSPS) is 21.4. The zero-order valence-corrected chi connectivity index (χ0v) is 26.5. The minimum atomic E-state index is -1.31. The van der Waals surface area contributed by atoms with Gasteiger partial charge in [-0.25, -0.2) is 14.8 Å². The predicted molar refractivity (Wildman–Crippen MR) is 170 cm³/mol. The summed E-state index contributed by atoms with van der Waals surface area (Å²) in [6.45, 7) is 4.00. The summed E-state index contributed by atoms with van der Waals surface area (Å²) >= 11 is 1.53. The molecule has 5 rings (SSSR count). The van der Waals surface area contributed by atoms with Crippen LogP contribution in [-0.2, 0) is 41.6 Å². The molecule has 3 N–H and O–H groups in total. The fraction of sp³-hybridized carbons (Fsp3) is 0.424. The summed E-state index contributed by atoms with van der Waals surface area (Å²) < 4.78 is 17.4. The Kier molecular flexibility index (Phi) is 10.3. The highest BCUT2D eigenvalue weighted by molar-refractivity contribution is 7.13. The molecule has 1 aromatic heterocycles. The number of hydrogen-bond donors (Lipinski definition) is 2. The third kappa shape index (κ3) is 7.41. The lowest BCUT2D eigenvalue weighted by atomic mass is 9.92. The molecule has 0 bridgehead atoms. The van der Waals surface area contributed by atoms with Crippen LogP contribution in [0.25, 0.3) is 10.6 Å². The molecule has 5 atom stereocenters. The maximum atomic E-state index is 14.1. The lowest BCUT2D eigenvalue weighted by Gasteiger charge is -2.32. The molecule has 0 radical (unpaired) electrons. The van der Waals surface area contributed by atoms with E-state index in [2.05, 4.69) is 10.3 Å². The van der Waals surface area contributed by atoms with E-state index in [-0.39, 0.29) is 25.5 Å². The van der Waals surface area contributed by atoms with Crippen LogP contribution in [0.3, 0.4) is 0 Å². The van der Waals surface area contributed by atoms with Crippen LogP contribution in [0.1, 0.15) is 37.8 Å². The van der Waals surface area contributed by atoms with E-state index in [1.807, 2.05) is 60.0 Å². The molecule has 0 spiro atoms. The average molecular weight is 634 g/mol. The monoisotopic (exact) mass is 633 g/mol. The van der Waals surface area contributed by atoms with Crippen molar-refractivity contribution in [2.45, 2.75) is 69.5 Å². The Labute approximate surface area is 266 Å². The van der Waals surface area contributed by atoms with E-state index in [1.165, 1.54) is 18.4 Å². The first kappa shape index (κ1) is 32.3. The van der Waals surface area contributed by atoms with E-state index in [4.69, 9.17) is 24.9 Å². The van der Waals surface area contributed by atoms with Gasteiger partial charge in [-0.05, 0) is 43.9 Å². The number of amides is 2. The van der Waals surface area contributed by atoms with Gasteiger partial charge in [-0.2, -0.15) is 0 Å². The lowest BCUT2D eigenvalue weighted by Crippen LogP contribution is -2.58. The highest BCUT2D eigenvalue weighted by Crippen LogP contribution is 2.32. The molecule has 3 heterocycles. The molecule has 1 fully saturated rings. The van der Waals surface area contributed by atoms with Gasteiger partial charge in [0.15, 0.2) is 5.54 Å². The summed E-state index contributed by atoms with van der Waals surface area (Å²) in [5.41, 5.74) is 7.30. The van der Waals surface area contributed by atoms with E-state index >= 15 is 0 Å². The maximum Gasteiger partial charge on any atom is 0.337 e. The summed E-state index contributed by atoms with van der Waals surface area (Å²) in [6.07, 6.45) is 2.64. The number of nitrogens with one attached hydrogen (secondary N) is 1. The number of benzene rings is 2. The second kappa shape index (κ2) is 14.3. The van der Waals surface area contributed by atoms with E-state index in [1.54, 1.807) is 24.9 Å². The van der Waals surface area contributed by atoms with Crippen molar-refractivity contribution >= 4 is 35.0 Å². The number of ether oxygens (including phenoxy) is 3. The van der Waals surface area contributed by atoms with Crippen LogP contribution in [0.2, 0.25) is 0 Å². The maximum absolute atomic E-state index is 14.1. The molecule has 2 aliphatic heterocycles. The predicted octanol–water partition coefficient (Wildman–Crippen LogP) is 3.12. The van der Waals surface area contributed by atoms with Gasteiger partial charge in [0.1, 0.15) is 23.7 Å². The zero-order valence-electron chi connectivity index (χ0n) is 25.7. The van der Waals surface area contributed by atoms with Gasteiger partial charge in [0.05, 0.1) is 25.9 Å². The van der Waals surface area contributed by atoms with Crippen LogP contribution < -0.4 is 11.1 Å². The minimum absolute atomic E-state index is 0.0174. The summed E-state index contributed by atoms with van der Waals surface area (Å²) in [6, 6.07) is 15.1. The van der Waals surface area contributed by atoms with E-state index < -0.39 is 41.6 Å². The first-order valence-corrected chi connectivity index (χ1v) is 15.9. The Bertz CT molecular complexity index is 1510. The first-order valence-electron chi connectivity index (χ1n) is 15.0. The van der Waals surface area contributed by atoms with Crippen LogP contribution in [0.5, 0.6) is 0 Å². The number of esters is 1. The lowest BCUT2D eigenvalue weighted by molar-refractivity contribution is -0.147. The van der Waals surface area contributed by atoms with Crippen molar-refractivity contribution in [3.63, 3.8) is 0 Å². The third-order valence-electron chi connectivity index (χ3n) is 8.07. The quantitative estimate of drug-likeness (QED) is 0.290. The van der Waals surface area contributed by atoms with E-state index in [9.17, 15) is 14.4 Å². The molecule has 0 saturated carbocycles. The number of hydrogen-bond acceptors (Lipinski definition) is 10. The second-order valence-electron chi connectivity index (χ2n) is 11.4. The van der Waals surface area contributed by atoms with E-state index in [0.29, 0.717) is 25.3 Å². The summed E-state index contributed by atoms with van der Waals surface area (Å²) in [5.74, 6) is -1.00. The van der Waals surface area contributed by atoms with Crippen LogP contribution >= 0.6 is 11.3 Å². The second-order valence-corrected chi connectivity index (χ2v) is 12.3. The number of rotatable bonds is 12. The molecule has 4 unspecified atom stereocenters. The minimum Gasteiger partial charge on any atom is -0.476 e. The summed E-state index contributed by atoms with van der Waals surface area (Å²) in [4.78, 5) is 50.9. The number of likely N-dealkylation sites (tertiary alicyclic amines) is 1. The number of aromatic nitrogens is 1. The topological polar surface area (TPSA) is 145 Å². The highest BCUT2D eigenvalue weighted by Gasteiger charge is 2.49. The molecule has 2 aromatic carbocycles. The van der Waals surface area contributed by atoms with Gasteiger partial charge in [-0.15, -0.1) is 11.3 Å². The summed E-state index contributed by atoms with van der Waals surface area (Å²) in [5, 5.41) is 5.59. The van der Waals surface area contributed by atoms with Gasteiger partial charge < -0.3 is 30.2 Å². The smallest absolute Gasteiger partial charge is 0.337 e. The van der Waals surface area contributed by atoms with Crippen LogP contribution in [-0.4, -0.2) is 83.6 Å². The standard InChI is InChI=1S/C33H39N5O6S/c1-21(34)28(39)36-27(22(2)43-19-23-9-5-4-6-10-23)31(40)38-15-8-13-26(38)29-37-33(20-44-29,32(41)42-3)18-24-11-7-12-25(17-24)30-35-14-16-45-30/h4-7,9-12,14,16-17,21-22,26-27H,8,13,15,18-20,34H2,1-3H3,(H,36,39)/t21?,22?,26?,27?,33-/m1/s1. The molecule has 0 aliphatic carbocycles. The fourth-order valence-corrected chi connectivity index (χ4v) is 6.28. The number of methoxy groups -OCH3 is 1. The molecule has 3 aromatic rings. The molecule has 238 valence electrons. The van der Waals surface area contributed by atoms with E-state index in [0.717, 1.165) is 21.7 Å². The van der Waals surface area contributed by atoms with Crippen molar-refractivity contribution in [3.8, 4) is 10.6 Å². The molecule has 11 nitrogen and oxygen atoms in total. The molecule has 1 saturated heterocycles. The number of nitrogens with zero attached hydrogens (tertiary/aromatic N) is 3. The van der Waals surface area contributed by atoms with Gasteiger partial charge in [0.25, 0.3) is 0 Å². The van der Waals surface area contributed by atoms with Gasteiger partial charge >= 0.3 is 5.97 Å². The molecule has 2 amide bonds. The van der Waals surface area contributed by atoms with Crippen molar-refractivity contribution in [2.24, 2.45) is 10.7 Å². The van der Waals surface area contributed by atoms with Crippen LogP contribution in [0, 0.1) is 0 Å². The number of thiazole rings is 1. The Hall–Kier alpha value is -4.13. The van der Waals surface area contributed by atoms with Crippen molar-refractivity contribution in [2.75, 3.05) is 20.3 Å². The van der Waals surface area contributed by atoms with Crippen molar-refractivity contribution in [1.29, 1.82) is 0 Å².